The molecule has 1 aliphatic rings. The number of nitrogens with zero attached hydrogens (tertiary/aromatic N) is 1. The Hall–Kier alpha value is -3.87. The first-order valence-corrected chi connectivity index (χ1v) is 13.2. The maximum absolute atomic E-state index is 13.8. The fraction of sp³-hybridized carbons (Fsp3) is 0.0968. The zero-order valence-electron chi connectivity index (χ0n) is 20.1. The predicted molar refractivity (Wildman–Crippen MR) is 151 cm³/mol. The first kappa shape index (κ1) is 24.5. The van der Waals surface area contributed by atoms with Crippen LogP contribution in [0.5, 0.6) is 5.75 Å². The average Bonchev–Trinajstić information content (AvgIpc) is 3.21. The van der Waals surface area contributed by atoms with E-state index in [4.69, 9.17) is 20.8 Å². The van der Waals surface area contributed by atoms with Gasteiger partial charge in [-0.2, -0.15) is 0 Å². The normalized spacial score (nSPS) is 14.6. The second-order valence-corrected chi connectivity index (χ2v) is 10.4. The number of hydrogen-bond donors (Lipinski definition) is 0. The largest absolute Gasteiger partial charge is 0.489 e. The van der Waals surface area contributed by atoms with E-state index in [1.165, 1.54) is 0 Å². The predicted octanol–water partition coefficient (Wildman–Crippen LogP) is 7.53. The minimum Gasteiger partial charge on any atom is -0.489 e. The summed E-state index contributed by atoms with van der Waals surface area (Å²) >= 11 is 9.91. The molecule has 1 aromatic heterocycles. The van der Waals surface area contributed by atoms with Crippen molar-refractivity contribution in [3.8, 4) is 5.75 Å². The van der Waals surface area contributed by atoms with Gasteiger partial charge in [0.25, 0.3) is 5.91 Å². The lowest BCUT2D eigenvalue weighted by Crippen LogP contribution is -2.29. The number of hydrogen-bond acceptors (Lipinski definition) is 4. The molecular weight excluding hydrogens is 566 g/mol. The SMILES string of the molecule is O=C1c2oc3ccc(Br)cc3c(=O)c2C(c2cccc(OCc3ccccc3)c2)N1Cc1ccccc1Cl. The third kappa shape index (κ3) is 4.51. The van der Waals surface area contributed by atoms with Gasteiger partial charge in [0.15, 0.2) is 5.43 Å². The summed E-state index contributed by atoms with van der Waals surface area (Å²) in [5.41, 5.74) is 3.00. The topological polar surface area (TPSA) is 59.8 Å². The zero-order chi connectivity index (χ0) is 26.2. The van der Waals surface area contributed by atoms with Crippen molar-refractivity contribution in [3.05, 3.63) is 145 Å². The molecule has 0 fully saturated rings. The molecule has 4 aromatic carbocycles. The van der Waals surface area contributed by atoms with Crippen LogP contribution >= 0.6 is 27.5 Å². The van der Waals surface area contributed by atoms with Crippen LogP contribution < -0.4 is 10.2 Å². The summed E-state index contributed by atoms with van der Waals surface area (Å²) in [6.45, 7) is 0.608. The third-order valence-corrected chi connectivity index (χ3v) is 7.51. The van der Waals surface area contributed by atoms with Crippen molar-refractivity contribution in [2.75, 3.05) is 0 Å². The lowest BCUT2D eigenvalue weighted by atomic mass is 9.98. The van der Waals surface area contributed by atoms with Crippen LogP contribution in [0.1, 0.15) is 38.9 Å². The molecule has 2 heterocycles. The number of ether oxygens (including phenoxy) is 1. The minimum absolute atomic E-state index is 0.0532. The molecule has 0 saturated carbocycles. The van der Waals surface area contributed by atoms with E-state index in [1.807, 2.05) is 72.8 Å². The van der Waals surface area contributed by atoms with Crippen LogP contribution in [0.3, 0.4) is 0 Å². The molecule has 1 amide bonds. The number of halogens is 2. The highest BCUT2D eigenvalue weighted by molar-refractivity contribution is 9.10. The second-order valence-electron chi connectivity index (χ2n) is 9.09. The molecule has 0 aliphatic carbocycles. The van der Waals surface area contributed by atoms with Crippen LogP contribution in [0.25, 0.3) is 11.0 Å². The van der Waals surface area contributed by atoms with Crippen molar-refractivity contribution >= 4 is 44.4 Å². The lowest BCUT2D eigenvalue weighted by molar-refractivity contribution is 0.0714. The fourth-order valence-electron chi connectivity index (χ4n) is 4.83. The number of amides is 1. The Morgan fingerprint density at radius 3 is 2.50 bits per heavy atom. The fourth-order valence-corrected chi connectivity index (χ4v) is 5.38. The average molecular weight is 587 g/mol. The molecule has 0 saturated heterocycles. The highest BCUT2D eigenvalue weighted by Crippen LogP contribution is 2.40. The Morgan fingerprint density at radius 2 is 1.68 bits per heavy atom. The Bertz CT molecular complexity index is 1730. The molecule has 1 aliphatic heterocycles. The van der Waals surface area contributed by atoms with Gasteiger partial charge in [-0.05, 0) is 53.1 Å². The maximum Gasteiger partial charge on any atom is 0.291 e. The molecule has 0 bridgehead atoms. The standard InChI is InChI=1S/C31H21BrClNO4/c32-22-13-14-26-24(16-22)29(35)27-28(20-10-6-11-23(15-20)37-18-19-7-2-1-3-8-19)34(31(36)30(27)38-26)17-21-9-4-5-12-25(21)33/h1-16,28H,17-18H2. The van der Waals surface area contributed by atoms with Gasteiger partial charge in [-0.25, -0.2) is 0 Å². The van der Waals surface area contributed by atoms with Crippen LogP contribution in [0.15, 0.2) is 111 Å². The molecule has 5 aromatic rings. The monoisotopic (exact) mass is 585 g/mol. The Kier molecular flexibility index (Phi) is 6.52. The van der Waals surface area contributed by atoms with Crippen molar-refractivity contribution in [1.29, 1.82) is 0 Å². The quantitative estimate of drug-likeness (QED) is 0.206. The first-order valence-electron chi connectivity index (χ1n) is 12.1. The third-order valence-electron chi connectivity index (χ3n) is 6.65. The van der Waals surface area contributed by atoms with Gasteiger partial charge >= 0.3 is 0 Å². The van der Waals surface area contributed by atoms with Crippen LogP contribution in [0.2, 0.25) is 5.02 Å². The second kappa shape index (κ2) is 10.1. The Morgan fingerprint density at radius 1 is 0.895 bits per heavy atom. The van der Waals surface area contributed by atoms with E-state index in [-0.39, 0.29) is 23.6 Å². The van der Waals surface area contributed by atoms with E-state index in [0.717, 1.165) is 21.2 Å². The van der Waals surface area contributed by atoms with Crippen molar-refractivity contribution < 1.29 is 13.9 Å². The highest BCUT2D eigenvalue weighted by Gasteiger charge is 2.43. The lowest BCUT2D eigenvalue weighted by Gasteiger charge is -2.26. The van der Waals surface area contributed by atoms with E-state index >= 15 is 0 Å². The molecule has 1 unspecified atom stereocenters. The summed E-state index contributed by atoms with van der Waals surface area (Å²) < 4.78 is 12.9. The van der Waals surface area contributed by atoms with E-state index in [2.05, 4.69) is 15.9 Å². The zero-order valence-corrected chi connectivity index (χ0v) is 22.4. The van der Waals surface area contributed by atoms with Crippen LogP contribution in [0, 0.1) is 0 Å². The van der Waals surface area contributed by atoms with Crippen molar-refractivity contribution in [3.63, 3.8) is 0 Å². The van der Waals surface area contributed by atoms with Gasteiger partial charge in [-0.3, -0.25) is 9.59 Å². The molecule has 5 nitrogen and oxygen atoms in total. The summed E-state index contributed by atoms with van der Waals surface area (Å²) in [4.78, 5) is 29.2. The summed E-state index contributed by atoms with van der Waals surface area (Å²) in [5.74, 6) is 0.331. The van der Waals surface area contributed by atoms with Gasteiger partial charge in [-0.15, -0.1) is 0 Å². The Balaban J connectivity index is 1.46. The van der Waals surface area contributed by atoms with Gasteiger partial charge < -0.3 is 14.1 Å². The van der Waals surface area contributed by atoms with E-state index in [9.17, 15) is 9.59 Å². The van der Waals surface area contributed by atoms with Gasteiger partial charge in [0.05, 0.1) is 17.0 Å². The number of rotatable bonds is 6. The van der Waals surface area contributed by atoms with Crippen molar-refractivity contribution in [2.45, 2.75) is 19.2 Å². The first-order chi connectivity index (χ1) is 18.5. The molecule has 0 N–H and O–H groups in total. The van der Waals surface area contributed by atoms with Crippen molar-refractivity contribution in [2.24, 2.45) is 0 Å². The molecule has 0 radical (unpaired) electrons. The molecule has 6 rings (SSSR count). The number of carbonyl (C=O) groups excluding carboxylic acids is 1. The van der Waals surface area contributed by atoms with Crippen molar-refractivity contribution in [1.82, 2.24) is 4.90 Å². The van der Waals surface area contributed by atoms with Crippen LogP contribution in [0.4, 0.5) is 0 Å². The smallest absolute Gasteiger partial charge is 0.291 e. The molecule has 188 valence electrons. The minimum atomic E-state index is -0.673. The van der Waals surface area contributed by atoms with Crippen LogP contribution in [-0.4, -0.2) is 10.8 Å². The molecule has 7 heteroatoms. The summed E-state index contributed by atoms with van der Waals surface area (Å²) in [6.07, 6.45) is 0. The number of carbonyl (C=O) groups is 1. The summed E-state index contributed by atoms with van der Waals surface area (Å²) in [7, 11) is 0. The Labute approximate surface area is 232 Å². The number of benzene rings is 4. The van der Waals surface area contributed by atoms with E-state index in [0.29, 0.717) is 33.9 Å². The molecule has 1 atom stereocenters. The molecule has 0 spiro atoms. The van der Waals surface area contributed by atoms with Gasteiger partial charge in [-0.1, -0.05) is 88.2 Å². The van der Waals surface area contributed by atoms with Gasteiger partial charge in [0.1, 0.15) is 17.9 Å². The van der Waals surface area contributed by atoms with Crippen LogP contribution in [-0.2, 0) is 13.2 Å². The summed E-state index contributed by atoms with van der Waals surface area (Å²) in [5, 5.41) is 0.954. The maximum atomic E-state index is 13.8. The molecule has 38 heavy (non-hydrogen) atoms. The summed E-state index contributed by atoms with van der Waals surface area (Å²) in [6, 6.07) is 29.3. The highest BCUT2D eigenvalue weighted by atomic mass is 79.9. The van der Waals surface area contributed by atoms with E-state index in [1.54, 1.807) is 29.2 Å². The van der Waals surface area contributed by atoms with Gasteiger partial charge in [0.2, 0.25) is 5.76 Å². The number of fused-ring (bicyclic) bond motifs is 2. The van der Waals surface area contributed by atoms with E-state index < -0.39 is 6.04 Å². The molecular formula is C31H21BrClNO4. The van der Waals surface area contributed by atoms with Gasteiger partial charge in [0, 0.05) is 16.0 Å².